The van der Waals surface area contributed by atoms with Crippen LogP contribution in [0, 0.1) is 6.92 Å². The van der Waals surface area contributed by atoms with Crippen LogP contribution in [0.25, 0.3) is 0 Å². The fourth-order valence-corrected chi connectivity index (χ4v) is 2.91. The lowest BCUT2D eigenvalue weighted by Gasteiger charge is -2.32. The number of hydrogen-bond donors (Lipinski definition) is 1. The summed E-state index contributed by atoms with van der Waals surface area (Å²) in [6.45, 7) is 5.40. The summed E-state index contributed by atoms with van der Waals surface area (Å²) in [5.74, 6) is 1.01. The molecular formula is C18H23N3. The van der Waals surface area contributed by atoms with Crippen molar-refractivity contribution in [3.05, 3.63) is 59.8 Å². The van der Waals surface area contributed by atoms with E-state index >= 15 is 0 Å². The SMILES string of the molecule is Cc1cccc(NC2CCN(Cc3ccccc3)CC2)n1. The molecule has 3 nitrogen and oxygen atoms in total. The molecule has 21 heavy (non-hydrogen) atoms. The van der Waals surface area contributed by atoms with Gasteiger partial charge in [0, 0.05) is 31.4 Å². The minimum Gasteiger partial charge on any atom is -0.367 e. The highest BCUT2D eigenvalue weighted by atomic mass is 15.1. The van der Waals surface area contributed by atoms with Gasteiger partial charge < -0.3 is 5.32 Å². The summed E-state index contributed by atoms with van der Waals surface area (Å²) in [5, 5.41) is 3.57. The van der Waals surface area contributed by atoms with E-state index in [4.69, 9.17) is 0 Å². The number of likely N-dealkylation sites (tertiary alicyclic amines) is 1. The van der Waals surface area contributed by atoms with Gasteiger partial charge in [-0.3, -0.25) is 4.90 Å². The fraction of sp³-hybridized carbons (Fsp3) is 0.389. The first kappa shape index (κ1) is 14.1. The van der Waals surface area contributed by atoms with Gasteiger partial charge in [0.25, 0.3) is 0 Å². The standard InChI is InChI=1S/C18H23N3/c1-15-6-5-9-18(19-15)20-17-10-12-21(13-11-17)14-16-7-3-2-4-8-16/h2-9,17H,10-14H2,1H3,(H,19,20). The quantitative estimate of drug-likeness (QED) is 0.930. The summed E-state index contributed by atoms with van der Waals surface area (Å²) in [6, 6.07) is 17.4. The van der Waals surface area contributed by atoms with Crippen LogP contribution in [0.4, 0.5) is 5.82 Å². The molecule has 110 valence electrons. The number of nitrogens with one attached hydrogen (secondary N) is 1. The van der Waals surface area contributed by atoms with E-state index in [2.05, 4.69) is 57.7 Å². The molecule has 0 aliphatic carbocycles. The monoisotopic (exact) mass is 281 g/mol. The van der Waals surface area contributed by atoms with Gasteiger partial charge in [-0.15, -0.1) is 0 Å². The molecule has 1 aliphatic heterocycles. The van der Waals surface area contributed by atoms with Crippen LogP contribution in [-0.2, 0) is 6.54 Å². The largest absolute Gasteiger partial charge is 0.367 e. The van der Waals surface area contributed by atoms with Gasteiger partial charge >= 0.3 is 0 Å². The molecule has 3 heteroatoms. The van der Waals surface area contributed by atoms with Crippen LogP contribution < -0.4 is 5.32 Å². The number of pyridine rings is 1. The van der Waals surface area contributed by atoms with Gasteiger partial charge in [-0.05, 0) is 37.5 Å². The predicted molar refractivity (Wildman–Crippen MR) is 87.3 cm³/mol. The molecule has 0 saturated carbocycles. The molecule has 0 amide bonds. The summed E-state index contributed by atoms with van der Waals surface area (Å²) in [4.78, 5) is 7.07. The molecule has 1 aliphatic rings. The molecule has 1 N–H and O–H groups in total. The Labute approximate surface area is 127 Å². The first-order valence-corrected chi connectivity index (χ1v) is 7.76. The van der Waals surface area contributed by atoms with Crippen molar-refractivity contribution in [2.75, 3.05) is 18.4 Å². The Morgan fingerprint density at radius 2 is 1.81 bits per heavy atom. The van der Waals surface area contributed by atoms with Crippen LogP contribution in [0.15, 0.2) is 48.5 Å². The third kappa shape index (κ3) is 4.05. The van der Waals surface area contributed by atoms with Crippen LogP contribution in [0.2, 0.25) is 0 Å². The van der Waals surface area contributed by atoms with E-state index in [0.29, 0.717) is 6.04 Å². The molecule has 0 bridgehead atoms. The highest BCUT2D eigenvalue weighted by molar-refractivity contribution is 5.36. The van der Waals surface area contributed by atoms with Crippen LogP contribution in [-0.4, -0.2) is 29.0 Å². The number of aromatic nitrogens is 1. The Kier molecular flexibility index (Phi) is 4.51. The zero-order valence-corrected chi connectivity index (χ0v) is 12.6. The van der Waals surface area contributed by atoms with Gasteiger partial charge in [-0.25, -0.2) is 4.98 Å². The van der Waals surface area contributed by atoms with Gasteiger partial charge in [-0.2, -0.15) is 0 Å². The predicted octanol–water partition coefficient (Wildman–Crippen LogP) is 3.47. The summed E-state index contributed by atoms with van der Waals surface area (Å²) in [7, 11) is 0. The molecule has 1 aromatic heterocycles. The van der Waals surface area contributed by atoms with E-state index in [1.165, 1.54) is 18.4 Å². The normalized spacial score (nSPS) is 16.8. The van der Waals surface area contributed by atoms with Gasteiger partial charge in [-0.1, -0.05) is 36.4 Å². The molecule has 1 saturated heterocycles. The maximum atomic E-state index is 4.53. The van der Waals surface area contributed by atoms with Gasteiger partial charge in [0.1, 0.15) is 5.82 Å². The average Bonchev–Trinajstić information content (AvgIpc) is 2.50. The van der Waals surface area contributed by atoms with Crippen molar-refractivity contribution < 1.29 is 0 Å². The molecule has 0 radical (unpaired) electrons. The molecule has 2 aromatic rings. The maximum Gasteiger partial charge on any atom is 0.126 e. The third-order valence-electron chi connectivity index (χ3n) is 4.08. The van der Waals surface area contributed by atoms with E-state index in [1.807, 2.05) is 13.0 Å². The van der Waals surface area contributed by atoms with Crippen LogP contribution in [0.3, 0.4) is 0 Å². The first-order valence-electron chi connectivity index (χ1n) is 7.76. The van der Waals surface area contributed by atoms with Gasteiger partial charge in [0.15, 0.2) is 0 Å². The highest BCUT2D eigenvalue weighted by Gasteiger charge is 2.19. The molecule has 0 spiro atoms. The highest BCUT2D eigenvalue weighted by Crippen LogP contribution is 2.17. The lowest BCUT2D eigenvalue weighted by atomic mass is 10.0. The van der Waals surface area contributed by atoms with E-state index in [9.17, 15) is 0 Å². The van der Waals surface area contributed by atoms with Crippen LogP contribution in [0.1, 0.15) is 24.1 Å². The number of anilines is 1. The van der Waals surface area contributed by atoms with Crippen LogP contribution >= 0.6 is 0 Å². The molecular weight excluding hydrogens is 258 g/mol. The summed E-state index contributed by atoms with van der Waals surface area (Å²) < 4.78 is 0. The Hall–Kier alpha value is -1.87. The van der Waals surface area contributed by atoms with Gasteiger partial charge in [0.2, 0.25) is 0 Å². The summed E-state index contributed by atoms with van der Waals surface area (Å²) >= 11 is 0. The van der Waals surface area contributed by atoms with Gasteiger partial charge in [0.05, 0.1) is 0 Å². The van der Waals surface area contributed by atoms with Crippen molar-refractivity contribution in [2.45, 2.75) is 32.4 Å². The average molecular weight is 281 g/mol. The smallest absolute Gasteiger partial charge is 0.126 e. The van der Waals surface area contributed by atoms with E-state index in [0.717, 1.165) is 31.1 Å². The number of aryl methyl sites for hydroxylation is 1. The summed E-state index contributed by atoms with van der Waals surface area (Å²) in [5.41, 5.74) is 2.48. The van der Waals surface area contributed by atoms with Crippen molar-refractivity contribution >= 4 is 5.82 Å². The van der Waals surface area contributed by atoms with Crippen molar-refractivity contribution in [1.82, 2.24) is 9.88 Å². The van der Waals surface area contributed by atoms with Crippen molar-refractivity contribution in [3.63, 3.8) is 0 Å². The number of hydrogen-bond acceptors (Lipinski definition) is 3. The van der Waals surface area contributed by atoms with Crippen molar-refractivity contribution in [2.24, 2.45) is 0 Å². The lowest BCUT2D eigenvalue weighted by Crippen LogP contribution is -2.38. The number of rotatable bonds is 4. The van der Waals surface area contributed by atoms with E-state index < -0.39 is 0 Å². The lowest BCUT2D eigenvalue weighted by molar-refractivity contribution is 0.211. The maximum absolute atomic E-state index is 4.53. The number of piperidine rings is 1. The molecule has 1 fully saturated rings. The fourth-order valence-electron chi connectivity index (χ4n) is 2.91. The third-order valence-corrected chi connectivity index (χ3v) is 4.08. The van der Waals surface area contributed by atoms with Crippen molar-refractivity contribution in [1.29, 1.82) is 0 Å². The molecule has 1 aromatic carbocycles. The first-order chi connectivity index (χ1) is 10.3. The molecule has 3 rings (SSSR count). The van der Waals surface area contributed by atoms with Crippen LogP contribution in [0.5, 0.6) is 0 Å². The number of nitrogens with zero attached hydrogens (tertiary/aromatic N) is 2. The van der Waals surface area contributed by atoms with Crippen molar-refractivity contribution in [3.8, 4) is 0 Å². The zero-order chi connectivity index (χ0) is 14.5. The summed E-state index contributed by atoms with van der Waals surface area (Å²) in [6.07, 6.45) is 2.37. The zero-order valence-electron chi connectivity index (χ0n) is 12.6. The number of benzene rings is 1. The van der Waals surface area contributed by atoms with E-state index in [-0.39, 0.29) is 0 Å². The Morgan fingerprint density at radius 3 is 2.52 bits per heavy atom. The molecule has 2 heterocycles. The second-order valence-corrected chi connectivity index (χ2v) is 5.84. The molecule has 0 atom stereocenters. The minimum absolute atomic E-state index is 0.548. The topological polar surface area (TPSA) is 28.2 Å². The Morgan fingerprint density at radius 1 is 1.05 bits per heavy atom. The Balaban J connectivity index is 1.49. The molecule has 0 unspecified atom stereocenters. The second kappa shape index (κ2) is 6.72. The van der Waals surface area contributed by atoms with E-state index in [1.54, 1.807) is 0 Å². The second-order valence-electron chi connectivity index (χ2n) is 5.84. The minimum atomic E-state index is 0.548. The Bertz CT molecular complexity index is 560.